The Hall–Kier alpha value is -0.580. The molecule has 1 heterocycles. The van der Waals surface area contributed by atoms with Crippen molar-refractivity contribution in [3.8, 4) is 0 Å². The number of carbonyl (C=O) groups excluding carboxylic acids is 1. The first-order valence-electron chi connectivity index (χ1n) is 6.82. The monoisotopic (exact) mass is 300 g/mol. The third kappa shape index (κ3) is 3.94. The zero-order chi connectivity index (χ0) is 13.8. The number of nitrogens with zero attached hydrogens (tertiary/aromatic N) is 1. The van der Waals surface area contributed by atoms with Crippen LogP contribution in [0.25, 0.3) is 0 Å². The van der Waals surface area contributed by atoms with E-state index in [0.717, 1.165) is 34.9 Å². The molecule has 1 aromatic heterocycles. The molecular formula is C14H21ClN2OS. The van der Waals surface area contributed by atoms with Gasteiger partial charge < -0.3 is 10.6 Å². The molecule has 106 valence electrons. The molecule has 1 aliphatic rings. The van der Waals surface area contributed by atoms with Gasteiger partial charge in [-0.15, -0.1) is 11.3 Å². The van der Waals surface area contributed by atoms with Crippen LogP contribution < -0.4 is 5.73 Å². The number of thiophene rings is 1. The zero-order valence-corrected chi connectivity index (χ0v) is 12.8. The van der Waals surface area contributed by atoms with Crippen LogP contribution in [0.1, 0.15) is 37.0 Å². The van der Waals surface area contributed by atoms with E-state index in [9.17, 15) is 4.79 Å². The summed E-state index contributed by atoms with van der Waals surface area (Å²) in [5.74, 6) is 0.168. The van der Waals surface area contributed by atoms with E-state index < -0.39 is 0 Å². The van der Waals surface area contributed by atoms with Gasteiger partial charge in [0.25, 0.3) is 0 Å². The molecule has 5 heteroatoms. The van der Waals surface area contributed by atoms with Crippen LogP contribution in [-0.2, 0) is 11.3 Å². The molecule has 3 nitrogen and oxygen atoms in total. The van der Waals surface area contributed by atoms with Crippen molar-refractivity contribution in [2.24, 2.45) is 11.7 Å². The Bertz CT molecular complexity index is 435. The highest BCUT2D eigenvalue weighted by Gasteiger charge is 2.29. The Kier molecular flexibility index (Phi) is 5.25. The van der Waals surface area contributed by atoms with Gasteiger partial charge in [0.1, 0.15) is 0 Å². The number of amides is 1. The molecule has 2 rings (SSSR count). The summed E-state index contributed by atoms with van der Waals surface area (Å²) in [6.45, 7) is 0.624. The minimum absolute atomic E-state index is 0.0112. The molecule has 1 fully saturated rings. The van der Waals surface area contributed by atoms with Crippen molar-refractivity contribution in [1.29, 1.82) is 0 Å². The Morgan fingerprint density at radius 3 is 2.84 bits per heavy atom. The van der Waals surface area contributed by atoms with Crippen molar-refractivity contribution >= 4 is 28.8 Å². The minimum Gasteiger partial charge on any atom is -0.340 e. The summed E-state index contributed by atoms with van der Waals surface area (Å²) < 4.78 is 0.766. The summed E-state index contributed by atoms with van der Waals surface area (Å²) in [6, 6.07) is 3.87. The maximum Gasteiger partial charge on any atom is 0.227 e. The normalized spacial score (nSPS) is 23.9. The first-order chi connectivity index (χ1) is 9.08. The lowest BCUT2D eigenvalue weighted by Gasteiger charge is -2.26. The summed E-state index contributed by atoms with van der Waals surface area (Å²) in [5, 5.41) is 0. The Morgan fingerprint density at radius 2 is 2.16 bits per heavy atom. The Balaban J connectivity index is 1.97. The smallest absolute Gasteiger partial charge is 0.227 e. The molecule has 0 aromatic carbocycles. The standard InChI is InChI=1S/C14H21ClN2OS/c1-17(9-10-7-8-13(15)19-10)14(18)11-5-3-2-4-6-12(11)16/h7-8,11-12H,2-6,9,16H2,1H3. The molecule has 2 N–H and O–H groups in total. The van der Waals surface area contributed by atoms with Gasteiger partial charge in [0.2, 0.25) is 5.91 Å². The average Bonchev–Trinajstić information content (AvgIpc) is 2.66. The van der Waals surface area contributed by atoms with Crippen LogP contribution in [-0.4, -0.2) is 23.9 Å². The number of hydrogen-bond acceptors (Lipinski definition) is 3. The predicted molar refractivity (Wildman–Crippen MR) is 80.4 cm³/mol. The molecule has 0 aliphatic heterocycles. The highest BCUT2D eigenvalue weighted by atomic mass is 35.5. The van der Waals surface area contributed by atoms with E-state index >= 15 is 0 Å². The number of hydrogen-bond donors (Lipinski definition) is 1. The third-order valence-corrected chi connectivity index (χ3v) is 5.00. The number of carbonyl (C=O) groups is 1. The van der Waals surface area contributed by atoms with Gasteiger partial charge in [0.15, 0.2) is 0 Å². The second-order valence-corrected chi connectivity index (χ2v) is 7.11. The molecule has 1 saturated carbocycles. The molecule has 0 radical (unpaired) electrons. The van der Waals surface area contributed by atoms with Gasteiger partial charge in [-0.3, -0.25) is 4.79 Å². The summed E-state index contributed by atoms with van der Waals surface area (Å²) >= 11 is 7.44. The summed E-state index contributed by atoms with van der Waals surface area (Å²) in [7, 11) is 1.85. The average molecular weight is 301 g/mol. The molecule has 19 heavy (non-hydrogen) atoms. The van der Waals surface area contributed by atoms with Crippen LogP contribution >= 0.6 is 22.9 Å². The highest BCUT2D eigenvalue weighted by Crippen LogP contribution is 2.26. The van der Waals surface area contributed by atoms with Crippen molar-refractivity contribution in [3.63, 3.8) is 0 Å². The van der Waals surface area contributed by atoms with Gasteiger partial charge in [-0.1, -0.05) is 30.9 Å². The van der Waals surface area contributed by atoms with E-state index in [4.69, 9.17) is 17.3 Å². The SMILES string of the molecule is CN(Cc1ccc(Cl)s1)C(=O)C1CCCCCC1N. The summed E-state index contributed by atoms with van der Waals surface area (Å²) in [6.07, 6.45) is 5.35. The van der Waals surface area contributed by atoms with Crippen LogP contribution in [0.2, 0.25) is 4.34 Å². The second-order valence-electron chi connectivity index (χ2n) is 5.31. The molecule has 2 atom stereocenters. The largest absolute Gasteiger partial charge is 0.340 e. The van der Waals surface area contributed by atoms with E-state index in [0.29, 0.717) is 6.54 Å². The van der Waals surface area contributed by atoms with E-state index in [2.05, 4.69) is 0 Å². The van der Waals surface area contributed by atoms with Gasteiger partial charge in [0.05, 0.1) is 16.8 Å². The van der Waals surface area contributed by atoms with Crippen LogP contribution in [0.5, 0.6) is 0 Å². The second kappa shape index (κ2) is 6.73. The summed E-state index contributed by atoms with van der Waals surface area (Å²) in [5.41, 5.74) is 6.15. The fraction of sp³-hybridized carbons (Fsp3) is 0.643. The van der Waals surface area contributed by atoms with Crippen LogP contribution in [0, 0.1) is 5.92 Å². The van der Waals surface area contributed by atoms with Crippen LogP contribution in [0.4, 0.5) is 0 Å². The molecule has 1 aromatic rings. The molecule has 2 unspecified atom stereocenters. The van der Waals surface area contributed by atoms with Crippen molar-refractivity contribution in [1.82, 2.24) is 4.90 Å². The van der Waals surface area contributed by atoms with E-state index in [-0.39, 0.29) is 17.9 Å². The molecule has 0 bridgehead atoms. The molecule has 0 spiro atoms. The lowest BCUT2D eigenvalue weighted by molar-refractivity contribution is -0.135. The van der Waals surface area contributed by atoms with E-state index in [1.165, 1.54) is 17.8 Å². The highest BCUT2D eigenvalue weighted by molar-refractivity contribution is 7.16. The topological polar surface area (TPSA) is 46.3 Å². The minimum atomic E-state index is -0.0112. The Labute approximate surface area is 123 Å². The van der Waals surface area contributed by atoms with Crippen LogP contribution in [0.15, 0.2) is 12.1 Å². The van der Waals surface area contributed by atoms with E-state index in [1.54, 1.807) is 4.90 Å². The number of nitrogens with two attached hydrogens (primary N) is 1. The maximum absolute atomic E-state index is 12.5. The first-order valence-corrected chi connectivity index (χ1v) is 8.02. The fourth-order valence-corrected chi connectivity index (χ4v) is 3.82. The molecule has 1 amide bonds. The lowest BCUT2D eigenvalue weighted by Crippen LogP contribution is -2.41. The first kappa shape index (κ1) is 14.8. The third-order valence-electron chi connectivity index (χ3n) is 3.78. The van der Waals surface area contributed by atoms with Gasteiger partial charge >= 0.3 is 0 Å². The maximum atomic E-state index is 12.5. The van der Waals surface area contributed by atoms with Gasteiger partial charge in [-0.2, -0.15) is 0 Å². The summed E-state index contributed by atoms with van der Waals surface area (Å²) in [4.78, 5) is 15.4. The van der Waals surface area contributed by atoms with Gasteiger partial charge in [0, 0.05) is 18.0 Å². The fourth-order valence-electron chi connectivity index (χ4n) is 2.67. The van der Waals surface area contributed by atoms with Crippen molar-refractivity contribution in [2.45, 2.75) is 44.7 Å². The predicted octanol–water partition coefficient (Wildman–Crippen LogP) is 3.27. The van der Waals surface area contributed by atoms with E-state index in [1.807, 2.05) is 19.2 Å². The van der Waals surface area contributed by atoms with Gasteiger partial charge in [-0.25, -0.2) is 0 Å². The quantitative estimate of drug-likeness (QED) is 0.871. The Morgan fingerprint density at radius 1 is 1.42 bits per heavy atom. The lowest BCUT2D eigenvalue weighted by atomic mass is 9.94. The van der Waals surface area contributed by atoms with Crippen molar-refractivity contribution in [3.05, 3.63) is 21.3 Å². The van der Waals surface area contributed by atoms with Gasteiger partial charge in [-0.05, 0) is 25.0 Å². The molecular weight excluding hydrogens is 280 g/mol. The molecule has 0 saturated heterocycles. The van der Waals surface area contributed by atoms with Crippen molar-refractivity contribution < 1.29 is 4.79 Å². The van der Waals surface area contributed by atoms with Crippen LogP contribution in [0.3, 0.4) is 0 Å². The number of rotatable bonds is 3. The van der Waals surface area contributed by atoms with Crippen molar-refractivity contribution in [2.75, 3.05) is 7.05 Å². The number of halogens is 1. The zero-order valence-electron chi connectivity index (χ0n) is 11.3. The molecule has 1 aliphatic carbocycles.